The summed E-state index contributed by atoms with van der Waals surface area (Å²) in [5, 5.41) is 15.1. The number of aromatic nitrogens is 4. The SMILES string of the molecule is Nc1ncnc2c1ncn2[C@@H]1O[C@@H]2COP(=O)(O)O[C@@H]3[C@H](O)[C@@H](COP(=S)(S)O[C@H]2[C@@H]1F)S[C@H]3N1C=NC2C(=O)NC(N)NC21. The first-order chi connectivity index (χ1) is 21.3. The molecule has 0 spiro atoms. The van der Waals surface area contributed by atoms with Crippen molar-refractivity contribution < 1.29 is 46.6 Å². The van der Waals surface area contributed by atoms with E-state index in [0.717, 1.165) is 11.8 Å². The number of phosphoric ester groups is 1. The number of alkyl halides is 1. The highest BCUT2D eigenvalue weighted by atomic mass is 32.9. The molecule has 19 nitrogen and oxygen atoms in total. The number of aliphatic hydroxyl groups is 1. The van der Waals surface area contributed by atoms with E-state index in [4.69, 9.17) is 46.1 Å². The number of nitrogens with two attached hydrogens (primary N) is 2. The number of nitrogens with zero attached hydrogens (tertiary/aromatic N) is 6. The molecule has 0 aliphatic carbocycles. The van der Waals surface area contributed by atoms with Crippen LogP contribution in [-0.4, -0.2) is 120 Å². The number of carbonyl (C=O) groups is 1. The molecule has 1 amide bonds. The number of halogens is 1. The van der Waals surface area contributed by atoms with Crippen molar-refractivity contribution in [2.45, 2.75) is 65.9 Å². The van der Waals surface area contributed by atoms with Gasteiger partial charge in [0.05, 0.1) is 37.2 Å². The number of thioether (sulfide) groups is 1. The summed E-state index contributed by atoms with van der Waals surface area (Å²) in [6.45, 7) is -0.953. The largest absolute Gasteiger partial charge is 0.472 e. The zero-order valence-corrected chi connectivity index (χ0v) is 26.9. The predicted octanol–water partition coefficient (Wildman–Crippen LogP) is -1.48. The van der Waals surface area contributed by atoms with Gasteiger partial charge in [-0.15, -0.1) is 11.8 Å². The lowest BCUT2D eigenvalue weighted by atomic mass is 10.1. The van der Waals surface area contributed by atoms with Gasteiger partial charge in [0.1, 0.15) is 48.0 Å². The Bertz CT molecular complexity index is 1630. The molecule has 8 N–H and O–H groups in total. The first-order valence-corrected chi connectivity index (χ1v) is 19.5. The number of hydrogen-bond donors (Lipinski definition) is 7. The van der Waals surface area contributed by atoms with E-state index in [1.165, 1.54) is 23.6 Å². The van der Waals surface area contributed by atoms with Crippen LogP contribution in [0.3, 0.4) is 0 Å². The molecule has 0 aromatic carbocycles. The van der Waals surface area contributed by atoms with E-state index < -0.39 is 92.0 Å². The fraction of sp³-hybridized carbons (Fsp3) is 0.650. The number of ether oxygens (including phenoxy) is 1. The minimum absolute atomic E-state index is 0.0704. The van der Waals surface area contributed by atoms with Gasteiger partial charge >= 0.3 is 7.82 Å². The molecule has 7 heterocycles. The fourth-order valence-electron chi connectivity index (χ4n) is 5.69. The summed E-state index contributed by atoms with van der Waals surface area (Å²) >= 11 is 11.0. The molecule has 246 valence electrons. The molecular formula is C20H27FN10O9P2S3. The molecular weight excluding hydrogens is 701 g/mol. The summed E-state index contributed by atoms with van der Waals surface area (Å²) in [5.74, 6) is -0.353. The highest BCUT2D eigenvalue weighted by Crippen LogP contribution is 2.59. The lowest BCUT2D eigenvalue weighted by molar-refractivity contribution is -0.127. The quantitative estimate of drug-likeness (QED) is 0.137. The van der Waals surface area contributed by atoms with Gasteiger partial charge in [0, 0.05) is 0 Å². The highest BCUT2D eigenvalue weighted by Gasteiger charge is 2.56. The summed E-state index contributed by atoms with van der Waals surface area (Å²) in [6, 6.07) is -0.869. The first-order valence-electron chi connectivity index (χ1n) is 13.3. The van der Waals surface area contributed by atoms with Gasteiger partial charge in [-0.05, 0) is 11.8 Å². The normalized spacial score (nSPS) is 45.4. The number of aliphatic imine (C=N–C) groups is 1. The molecule has 7 rings (SSSR count). The van der Waals surface area contributed by atoms with Crippen LogP contribution in [-0.2, 0) is 44.0 Å². The van der Waals surface area contributed by atoms with E-state index in [-0.39, 0.29) is 23.6 Å². The number of nitrogen functional groups attached to an aromatic ring is 1. The third-order valence-corrected chi connectivity index (χ3v) is 12.5. The van der Waals surface area contributed by atoms with Crippen molar-refractivity contribution in [3.8, 4) is 0 Å². The van der Waals surface area contributed by atoms with Crippen LogP contribution in [0.15, 0.2) is 17.6 Å². The zero-order chi connectivity index (χ0) is 31.8. The molecule has 5 aliphatic heterocycles. The lowest BCUT2D eigenvalue weighted by Gasteiger charge is -2.39. The molecule has 5 aliphatic rings. The van der Waals surface area contributed by atoms with Crippen LogP contribution >= 0.6 is 37.5 Å². The maximum atomic E-state index is 16.1. The molecule has 2 bridgehead atoms. The number of anilines is 1. The molecule has 2 aromatic heterocycles. The Morgan fingerprint density at radius 1 is 1.22 bits per heavy atom. The van der Waals surface area contributed by atoms with Gasteiger partial charge in [0.2, 0.25) is 5.69 Å². The van der Waals surface area contributed by atoms with Gasteiger partial charge in [-0.25, -0.2) is 23.9 Å². The Morgan fingerprint density at radius 2 is 2.02 bits per heavy atom. The third kappa shape index (κ3) is 5.90. The van der Waals surface area contributed by atoms with E-state index in [9.17, 15) is 19.4 Å². The van der Waals surface area contributed by atoms with Crippen molar-refractivity contribution in [3.63, 3.8) is 0 Å². The van der Waals surface area contributed by atoms with Crippen LogP contribution < -0.4 is 22.1 Å². The lowest BCUT2D eigenvalue weighted by Crippen LogP contribution is -2.70. The number of imidazole rings is 1. The standard InChI is InChI=1S/C20H27FN10O9P2S3/c21-8-12-6(38-18(8)30-4-26-9-14(22)24-3-25-15(9)30)1-36-41(34,35)39-13-11(32)7(2-37-42(43,44)40-12)45-19(13)31-5-27-10-16(31)28-20(23)29-17(10)33/h3-8,10-13,16,18-20,28,32H,1-2,23H2,(H,29,33)(H,34,35)(H,43,44)(H2,22,24,25)/t6-,7-,8+,10?,11-,12-,13-,16?,18-,19-,20?/m1/s1. The van der Waals surface area contributed by atoms with Gasteiger partial charge in [-0.2, -0.15) is 0 Å². The van der Waals surface area contributed by atoms with Gasteiger partial charge in [0.25, 0.3) is 5.91 Å². The number of nitrogens with one attached hydrogen (secondary N) is 2. The zero-order valence-electron chi connectivity index (χ0n) is 22.6. The summed E-state index contributed by atoms with van der Waals surface area (Å²) in [4.78, 5) is 41.2. The number of thiol groups is 1. The van der Waals surface area contributed by atoms with Crippen LogP contribution in [0.5, 0.6) is 0 Å². The van der Waals surface area contributed by atoms with Crippen LogP contribution in [0.4, 0.5) is 10.2 Å². The van der Waals surface area contributed by atoms with Crippen LogP contribution in [0, 0.1) is 0 Å². The fourth-order valence-corrected chi connectivity index (χ4v) is 10.3. The average Bonchev–Trinajstić information content (AvgIpc) is 3.72. The number of hydrogen-bond acceptors (Lipinski definition) is 18. The molecule has 5 unspecified atom stereocenters. The van der Waals surface area contributed by atoms with E-state index in [2.05, 4.69) is 42.8 Å². The number of rotatable bonds is 2. The Morgan fingerprint density at radius 3 is 2.82 bits per heavy atom. The van der Waals surface area contributed by atoms with Gasteiger partial charge < -0.3 is 39.7 Å². The molecule has 45 heavy (non-hydrogen) atoms. The van der Waals surface area contributed by atoms with Crippen LogP contribution in [0.1, 0.15) is 6.23 Å². The molecule has 13 atom stereocenters. The van der Waals surface area contributed by atoms with Crippen molar-refractivity contribution in [1.29, 1.82) is 0 Å². The maximum absolute atomic E-state index is 16.1. The van der Waals surface area contributed by atoms with E-state index >= 15 is 4.39 Å². The minimum Gasteiger partial charge on any atom is -0.389 e. The molecule has 0 radical (unpaired) electrons. The maximum Gasteiger partial charge on any atom is 0.472 e. The van der Waals surface area contributed by atoms with Crippen molar-refractivity contribution in [2.75, 3.05) is 18.9 Å². The van der Waals surface area contributed by atoms with Gasteiger partial charge in [0.15, 0.2) is 29.9 Å². The molecule has 4 saturated heterocycles. The second-order valence-electron chi connectivity index (χ2n) is 10.6. The number of carbonyl (C=O) groups excluding carboxylic acids is 1. The monoisotopic (exact) mass is 728 g/mol. The number of aliphatic hydroxyl groups excluding tert-OH is 1. The van der Waals surface area contributed by atoms with Crippen LogP contribution in [0.25, 0.3) is 11.2 Å². The molecule has 4 fully saturated rings. The highest BCUT2D eigenvalue weighted by molar-refractivity contribution is 8.60. The Balaban J connectivity index is 1.16. The topological polar surface area (TPSA) is 256 Å². The molecule has 0 saturated carbocycles. The Hall–Kier alpha value is -1.56. The summed E-state index contributed by atoms with van der Waals surface area (Å²) in [6.07, 6.45) is -6.66. The van der Waals surface area contributed by atoms with Gasteiger partial charge in [-0.3, -0.25) is 34.5 Å². The Labute approximate surface area is 267 Å². The number of fused-ring (bicyclic) bond motifs is 5. The number of amides is 1. The van der Waals surface area contributed by atoms with E-state index in [1.807, 2.05) is 0 Å². The first kappa shape index (κ1) is 32.0. The van der Waals surface area contributed by atoms with E-state index in [1.54, 1.807) is 4.90 Å². The average molecular weight is 729 g/mol. The van der Waals surface area contributed by atoms with Crippen molar-refractivity contribution in [2.24, 2.45) is 10.7 Å². The van der Waals surface area contributed by atoms with Crippen molar-refractivity contribution >= 4 is 78.6 Å². The van der Waals surface area contributed by atoms with Crippen molar-refractivity contribution in [3.05, 3.63) is 12.7 Å². The number of phosphoric acid groups is 1. The second-order valence-corrected chi connectivity index (χ2v) is 18.6. The molecule has 2 aromatic rings. The van der Waals surface area contributed by atoms with Gasteiger partial charge in [-0.1, -0.05) is 12.2 Å². The second kappa shape index (κ2) is 11.8. The predicted molar refractivity (Wildman–Crippen MR) is 162 cm³/mol. The minimum atomic E-state index is -4.96. The summed E-state index contributed by atoms with van der Waals surface area (Å²) in [5.41, 5.74) is 8.61. The molecule has 25 heteroatoms. The smallest absolute Gasteiger partial charge is 0.389 e. The van der Waals surface area contributed by atoms with E-state index in [0.29, 0.717) is 0 Å². The van der Waals surface area contributed by atoms with Crippen LogP contribution in [0.2, 0.25) is 0 Å². The summed E-state index contributed by atoms with van der Waals surface area (Å²) in [7, 11) is -4.96. The van der Waals surface area contributed by atoms with Crippen molar-refractivity contribution in [1.82, 2.24) is 35.1 Å². The summed E-state index contributed by atoms with van der Waals surface area (Å²) < 4.78 is 59.1. The Kier molecular flexibility index (Phi) is 8.43. The third-order valence-electron chi connectivity index (χ3n) is 7.75.